The van der Waals surface area contributed by atoms with E-state index in [1.165, 1.54) is 7.11 Å². The van der Waals surface area contributed by atoms with Crippen LogP contribution in [0.1, 0.15) is 44.9 Å². The zero-order chi connectivity index (χ0) is 21.1. The number of aryl methyl sites for hydroxylation is 2. The molecule has 0 aliphatic carbocycles. The van der Waals surface area contributed by atoms with Gasteiger partial charge in [-0.25, -0.2) is 9.78 Å². The number of aromatic amines is 1. The summed E-state index contributed by atoms with van der Waals surface area (Å²) in [7, 11) is 3.01. The molecule has 1 aliphatic heterocycles. The Balaban J connectivity index is 1.68. The van der Waals surface area contributed by atoms with Crippen LogP contribution in [0, 0.1) is 6.92 Å². The highest BCUT2D eigenvalue weighted by Crippen LogP contribution is 2.32. The van der Waals surface area contributed by atoms with E-state index in [2.05, 4.69) is 20.2 Å². The van der Waals surface area contributed by atoms with Crippen LogP contribution in [-0.2, 0) is 15.9 Å². The summed E-state index contributed by atoms with van der Waals surface area (Å²) in [6.07, 6.45) is 1.17. The maximum Gasteiger partial charge on any atom is 0.339 e. The van der Waals surface area contributed by atoms with Gasteiger partial charge < -0.3 is 24.7 Å². The lowest BCUT2D eigenvalue weighted by Gasteiger charge is -2.38. The lowest BCUT2D eigenvalue weighted by molar-refractivity contribution is 0.0539. The van der Waals surface area contributed by atoms with Crippen molar-refractivity contribution in [2.75, 3.05) is 32.2 Å². The van der Waals surface area contributed by atoms with Crippen molar-refractivity contribution < 1.29 is 19.1 Å². The van der Waals surface area contributed by atoms with Gasteiger partial charge in [0, 0.05) is 25.1 Å². The van der Waals surface area contributed by atoms with E-state index in [1.54, 1.807) is 18.4 Å². The maximum absolute atomic E-state index is 12.6. The SMILES string of the molecule is CCc1[nH]c(C(=O)NC2CCN(c3cc(C(=O)OC)c(C)s3)CC2OC)nc1Cl. The number of nitrogens with zero attached hydrogens (tertiary/aromatic N) is 2. The molecule has 0 radical (unpaired) electrons. The number of carbonyl (C=O) groups excluding carboxylic acids is 2. The number of anilines is 1. The lowest BCUT2D eigenvalue weighted by Crippen LogP contribution is -2.55. The van der Waals surface area contributed by atoms with Crippen LogP contribution >= 0.6 is 22.9 Å². The first-order valence-corrected chi connectivity index (χ1v) is 10.6. The van der Waals surface area contributed by atoms with Gasteiger partial charge in [-0.15, -0.1) is 11.3 Å². The lowest BCUT2D eigenvalue weighted by atomic mass is 10.0. The normalized spacial score (nSPS) is 19.3. The predicted octanol–water partition coefficient (Wildman–Crippen LogP) is 2.81. The monoisotopic (exact) mass is 440 g/mol. The third-order valence-corrected chi connectivity index (χ3v) is 6.52. The number of methoxy groups -OCH3 is 2. The van der Waals surface area contributed by atoms with E-state index in [0.717, 1.165) is 22.1 Å². The van der Waals surface area contributed by atoms with Gasteiger partial charge >= 0.3 is 5.97 Å². The number of rotatable bonds is 6. The number of hydrogen-bond acceptors (Lipinski definition) is 7. The minimum Gasteiger partial charge on any atom is -0.465 e. The summed E-state index contributed by atoms with van der Waals surface area (Å²) in [5.74, 6) is -0.424. The van der Waals surface area contributed by atoms with Crippen molar-refractivity contribution in [1.29, 1.82) is 0 Å². The van der Waals surface area contributed by atoms with E-state index in [-0.39, 0.29) is 29.8 Å². The molecule has 2 aromatic heterocycles. The van der Waals surface area contributed by atoms with Crippen LogP contribution < -0.4 is 10.2 Å². The van der Waals surface area contributed by atoms with Crippen molar-refractivity contribution in [2.24, 2.45) is 0 Å². The van der Waals surface area contributed by atoms with E-state index in [1.807, 2.05) is 19.9 Å². The van der Waals surface area contributed by atoms with Crippen molar-refractivity contribution in [3.63, 3.8) is 0 Å². The molecule has 1 saturated heterocycles. The maximum atomic E-state index is 12.6. The molecule has 0 saturated carbocycles. The molecule has 158 valence electrons. The highest BCUT2D eigenvalue weighted by Gasteiger charge is 2.32. The van der Waals surface area contributed by atoms with Gasteiger partial charge in [0.15, 0.2) is 11.0 Å². The van der Waals surface area contributed by atoms with Gasteiger partial charge in [-0.3, -0.25) is 4.79 Å². The summed E-state index contributed by atoms with van der Waals surface area (Å²) in [4.78, 5) is 34.6. The third kappa shape index (κ3) is 4.57. The second kappa shape index (κ2) is 9.15. The average molecular weight is 441 g/mol. The molecule has 0 bridgehead atoms. The summed E-state index contributed by atoms with van der Waals surface area (Å²) in [5, 5.41) is 4.31. The first kappa shape index (κ1) is 21.6. The Labute approximate surface area is 178 Å². The van der Waals surface area contributed by atoms with E-state index >= 15 is 0 Å². The smallest absolute Gasteiger partial charge is 0.339 e. The molecule has 29 heavy (non-hydrogen) atoms. The molecule has 3 rings (SSSR count). The van der Waals surface area contributed by atoms with Gasteiger partial charge in [0.1, 0.15) is 0 Å². The number of esters is 1. The van der Waals surface area contributed by atoms with Gasteiger partial charge in [-0.05, 0) is 25.8 Å². The number of aromatic nitrogens is 2. The molecule has 8 nitrogen and oxygen atoms in total. The molecule has 2 aromatic rings. The van der Waals surface area contributed by atoms with Gasteiger partial charge in [-0.2, -0.15) is 0 Å². The molecule has 2 atom stereocenters. The number of amides is 1. The van der Waals surface area contributed by atoms with E-state index < -0.39 is 0 Å². The highest BCUT2D eigenvalue weighted by atomic mass is 35.5. The number of piperidine rings is 1. The topological polar surface area (TPSA) is 96.6 Å². The molecule has 0 spiro atoms. The first-order valence-electron chi connectivity index (χ1n) is 9.39. The number of thiophene rings is 1. The molecular weight excluding hydrogens is 416 g/mol. The van der Waals surface area contributed by atoms with Crippen molar-refractivity contribution in [3.8, 4) is 0 Å². The summed E-state index contributed by atoms with van der Waals surface area (Å²) in [5.41, 5.74) is 1.32. The van der Waals surface area contributed by atoms with E-state index in [0.29, 0.717) is 30.1 Å². The fraction of sp³-hybridized carbons (Fsp3) is 0.526. The fourth-order valence-electron chi connectivity index (χ4n) is 3.42. The van der Waals surface area contributed by atoms with E-state index in [4.69, 9.17) is 21.1 Å². The highest BCUT2D eigenvalue weighted by molar-refractivity contribution is 7.16. The number of carbonyl (C=O) groups is 2. The Kier molecular flexibility index (Phi) is 6.81. The number of nitrogens with one attached hydrogen (secondary N) is 2. The molecular formula is C19H25ClN4O4S. The first-order chi connectivity index (χ1) is 13.9. The minimum absolute atomic E-state index is 0.154. The van der Waals surface area contributed by atoms with Crippen molar-refractivity contribution in [2.45, 2.75) is 38.8 Å². The molecule has 2 unspecified atom stereocenters. The second-order valence-electron chi connectivity index (χ2n) is 6.84. The van der Waals surface area contributed by atoms with Gasteiger partial charge in [-0.1, -0.05) is 18.5 Å². The Morgan fingerprint density at radius 3 is 2.83 bits per heavy atom. The minimum atomic E-state index is -0.334. The van der Waals surface area contributed by atoms with Crippen LogP contribution in [0.3, 0.4) is 0 Å². The second-order valence-corrected chi connectivity index (χ2v) is 8.44. The van der Waals surface area contributed by atoms with Gasteiger partial charge in [0.05, 0.1) is 35.5 Å². The summed E-state index contributed by atoms with van der Waals surface area (Å²) in [6, 6.07) is 1.70. The number of ether oxygens (including phenoxy) is 2. The van der Waals surface area contributed by atoms with Crippen LogP contribution in [-0.4, -0.2) is 61.3 Å². The zero-order valence-corrected chi connectivity index (χ0v) is 18.4. The van der Waals surface area contributed by atoms with Crippen LogP contribution in [0.25, 0.3) is 0 Å². The fourth-order valence-corrected chi connectivity index (χ4v) is 4.73. The quantitative estimate of drug-likeness (QED) is 0.670. The Bertz CT molecular complexity index is 897. The summed E-state index contributed by atoms with van der Waals surface area (Å²) >= 11 is 7.59. The molecule has 2 N–H and O–H groups in total. The predicted molar refractivity (Wildman–Crippen MR) is 112 cm³/mol. The van der Waals surface area contributed by atoms with Crippen LogP contribution in [0.5, 0.6) is 0 Å². The largest absolute Gasteiger partial charge is 0.465 e. The van der Waals surface area contributed by atoms with Crippen molar-refractivity contribution in [1.82, 2.24) is 15.3 Å². The zero-order valence-electron chi connectivity index (χ0n) is 16.9. The Hall–Kier alpha value is -2.10. The average Bonchev–Trinajstić information content (AvgIpc) is 3.30. The van der Waals surface area contributed by atoms with Crippen LogP contribution in [0.15, 0.2) is 6.07 Å². The molecule has 1 fully saturated rings. The van der Waals surface area contributed by atoms with Crippen LogP contribution in [0.2, 0.25) is 5.15 Å². The van der Waals surface area contributed by atoms with E-state index in [9.17, 15) is 9.59 Å². The standard InChI is InChI=1S/C19H25ClN4O4S/c1-5-12-16(20)23-17(21-12)18(25)22-13-6-7-24(9-14(13)27-3)15-8-11(10(2)29-15)19(26)28-4/h8,13-14H,5-7,9H2,1-4H3,(H,21,23)(H,22,25). The Morgan fingerprint density at radius 2 is 2.21 bits per heavy atom. The third-order valence-electron chi connectivity index (χ3n) is 5.10. The molecule has 1 aliphatic rings. The number of H-pyrrole nitrogens is 1. The molecule has 1 amide bonds. The molecule has 3 heterocycles. The van der Waals surface area contributed by atoms with Crippen molar-refractivity contribution in [3.05, 3.63) is 33.2 Å². The number of imidazole rings is 1. The molecule has 0 aromatic carbocycles. The number of halogens is 1. The number of hydrogen-bond donors (Lipinski definition) is 2. The molecule has 10 heteroatoms. The van der Waals surface area contributed by atoms with Crippen LogP contribution in [0.4, 0.5) is 5.00 Å². The summed E-state index contributed by atoms with van der Waals surface area (Å²) in [6.45, 7) is 5.17. The summed E-state index contributed by atoms with van der Waals surface area (Å²) < 4.78 is 10.5. The van der Waals surface area contributed by atoms with Crippen molar-refractivity contribution >= 4 is 39.8 Å². The Morgan fingerprint density at radius 1 is 1.45 bits per heavy atom. The van der Waals surface area contributed by atoms with Gasteiger partial charge in [0.25, 0.3) is 5.91 Å². The van der Waals surface area contributed by atoms with Gasteiger partial charge in [0.2, 0.25) is 0 Å².